The Hall–Kier alpha value is -1.36. The fourth-order valence-electron chi connectivity index (χ4n) is 1.63. The van der Waals surface area contributed by atoms with Gasteiger partial charge in [-0.05, 0) is 20.8 Å². The second-order valence-corrected chi connectivity index (χ2v) is 3.75. The van der Waals surface area contributed by atoms with Gasteiger partial charge in [-0.2, -0.15) is 0 Å². The van der Waals surface area contributed by atoms with Gasteiger partial charge in [0.05, 0.1) is 6.61 Å². The maximum atomic E-state index is 5.00. The molecule has 0 aliphatic heterocycles. The molecule has 0 bridgehead atoms. The summed E-state index contributed by atoms with van der Waals surface area (Å²) in [7, 11) is 1.69. The fraction of sp³-hybridized carbons (Fsp3) is 0.667. The zero-order chi connectivity index (χ0) is 12.7. The average Bonchev–Trinajstić information content (AvgIpc) is 2.30. The van der Waals surface area contributed by atoms with Gasteiger partial charge in [0.25, 0.3) is 0 Å². The van der Waals surface area contributed by atoms with Crippen LogP contribution in [0.3, 0.4) is 0 Å². The van der Waals surface area contributed by atoms with E-state index in [9.17, 15) is 0 Å². The largest absolute Gasteiger partial charge is 0.383 e. The Bertz CT molecular complexity index is 339. The number of hydrogen-bond acceptors (Lipinski definition) is 5. The Morgan fingerprint density at radius 1 is 1.29 bits per heavy atom. The molecule has 0 aliphatic carbocycles. The van der Waals surface area contributed by atoms with Crippen molar-refractivity contribution in [2.45, 2.75) is 20.8 Å². The predicted molar refractivity (Wildman–Crippen MR) is 70.7 cm³/mol. The van der Waals surface area contributed by atoms with Gasteiger partial charge in [-0.25, -0.2) is 9.97 Å². The minimum atomic E-state index is 0.670. The topological polar surface area (TPSA) is 50.3 Å². The molecule has 17 heavy (non-hydrogen) atoms. The molecule has 1 aromatic heterocycles. The third-order valence-corrected chi connectivity index (χ3v) is 2.52. The molecule has 96 valence electrons. The Morgan fingerprint density at radius 2 is 2.00 bits per heavy atom. The molecular formula is C12H22N4O. The van der Waals surface area contributed by atoms with E-state index >= 15 is 0 Å². The van der Waals surface area contributed by atoms with E-state index in [2.05, 4.69) is 34.0 Å². The maximum absolute atomic E-state index is 5.00. The molecule has 5 heteroatoms. The highest BCUT2D eigenvalue weighted by Crippen LogP contribution is 2.15. The first-order valence-electron chi connectivity index (χ1n) is 6.04. The highest BCUT2D eigenvalue weighted by Gasteiger charge is 2.06. The van der Waals surface area contributed by atoms with Crippen LogP contribution in [0.2, 0.25) is 0 Å². The highest BCUT2D eigenvalue weighted by molar-refractivity contribution is 5.49. The molecule has 0 atom stereocenters. The second-order valence-electron chi connectivity index (χ2n) is 3.75. The summed E-state index contributed by atoms with van der Waals surface area (Å²) in [4.78, 5) is 11.0. The van der Waals surface area contributed by atoms with Gasteiger partial charge >= 0.3 is 0 Å². The van der Waals surface area contributed by atoms with Gasteiger partial charge in [-0.3, -0.25) is 0 Å². The Labute approximate surface area is 103 Å². The molecule has 0 radical (unpaired) electrons. The van der Waals surface area contributed by atoms with Crippen LogP contribution < -0.4 is 10.2 Å². The zero-order valence-electron chi connectivity index (χ0n) is 11.2. The fourth-order valence-corrected chi connectivity index (χ4v) is 1.63. The van der Waals surface area contributed by atoms with E-state index in [1.54, 1.807) is 7.11 Å². The van der Waals surface area contributed by atoms with Crippen LogP contribution in [-0.2, 0) is 4.74 Å². The zero-order valence-corrected chi connectivity index (χ0v) is 11.2. The molecule has 0 saturated carbocycles. The molecule has 0 aromatic carbocycles. The first-order chi connectivity index (χ1) is 8.21. The lowest BCUT2D eigenvalue weighted by Gasteiger charge is -2.20. The summed E-state index contributed by atoms with van der Waals surface area (Å²) < 4.78 is 5.00. The summed E-state index contributed by atoms with van der Waals surface area (Å²) >= 11 is 0. The first-order valence-corrected chi connectivity index (χ1v) is 6.04. The minimum Gasteiger partial charge on any atom is -0.383 e. The molecule has 0 unspecified atom stereocenters. The number of aromatic nitrogens is 2. The van der Waals surface area contributed by atoms with Gasteiger partial charge in [-0.1, -0.05) is 0 Å². The molecule has 1 N–H and O–H groups in total. The lowest BCUT2D eigenvalue weighted by molar-refractivity contribution is 0.210. The van der Waals surface area contributed by atoms with E-state index in [4.69, 9.17) is 4.74 Å². The monoisotopic (exact) mass is 238 g/mol. The van der Waals surface area contributed by atoms with Crippen LogP contribution in [0.5, 0.6) is 0 Å². The molecule has 0 spiro atoms. The second kappa shape index (κ2) is 7.06. The quantitative estimate of drug-likeness (QED) is 0.733. The molecule has 1 rings (SSSR count). The standard InChI is InChI=1S/C12H22N4O/c1-5-16(6-2)12-9-11(13-7-8-17-4)14-10(3)15-12/h9H,5-8H2,1-4H3,(H,13,14,15). The number of nitrogens with zero attached hydrogens (tertiary/aromatic N) is 3. The molecule has 0 saturated heterocycles. The number of anilines is 2. The van der Waals surface area contributed by atoms with Crippen LogP contribution in [0.15, 0.2) is 6.07 Å². The van der Waals surface area contributed by atoms with Crippen molar-refractivity contribution < 1.29 is 4.74 Å². The summed E-state index contributed by atoms with van der Waals surface area (Å²) in [5, 5.41) is 3.23. The SMILES string of the molecule is CCN(CC)c1cc(NCCOC)nc(C)n1. The number of hydrogen-bond donors (Lipinski definition) is 1. The summed E-state index contributed by atoms with van der Waals surface area (Å²) in [5.74, 6) is 2.62. The predicted octanol–water partition coefficient (Wildman–Crippen LogP) is 1.69. The smallest absolute Gasteiger partial charge is 0.134 e. The van der Waals surface area contributed by atoms with Crippen molar-refractivity contribution in [2.24, 2.45) is 0 Å². The number of aryl methyl sites for hydroxylation is 1. The van der Waals surface area contributed by atoms with Gasteiger partial charge in [-0.15, -0.1) is 0 Å². The summed E-state index contributed by atoms with van der Waals surface area (Å²) in [6.07, 6.45) is 0. The molecular weight excluding hydrogens is 216 g/mol. The van der Waals surface area contributed by atoms with Crippen molar-refractivity contribution in [3.05, 3.63) is 11.9 Å². The van der Waals surface area contributed by atoms with Crippen LogP contribution in [-0.4, -0.2) is 43.3 Å². The van der Waals surface area contributed by atoms with Crippen molar-refractivity contribution in [2.75, 3.05) is 43.6 Å². The van der Waals surface area contributed by atoms with Gasteiger partial charge in [0, 0.05) is 32.8 Å². The third kappa shape index (κ3) is 4.19. The number of nitrogens with one attached hydrogen (secondary N) is 1. The number of methoxy groups -OCH3 is 1. The van der Waals surface area contributed by atoms with Gasteiger partial charge in [0.2, 0.25) is 0 Å². The maximum Gasteiger partial charge on any atom is 0.134 e. The van der Waals surface area contributed by atoms with Crippen LogP contribution in [0, 0.1) is 6.92 Å². The summed E-state index contributed by atoms with van der Waals surface area (Å²) in [6, 6.07) is 1.98. The van der Waals surface area contributed by atoms with Crippen LogP contribution in [0.4, 0.5) is 11.6 Å². The van der Waals surface area contributed by atoms with E-state index < -0.39 is 0 Å². The molecule has 0 fully saturated rings. The van der Waals surface area contributed by atoms with Gasteiger partial charge in [0.1, 0.15) is 17.5 Å². The van der Waals surface area contributed by atoms with Crippen LogP contribution in [0.25, 0.3) is 0 Å². The minimum absolute atomic E-state index is 0.670. The number of rotatable bonds is 7. The van der Waals surface area contributed by atoms with Crippen molar-refractivity contribution in [1.82, 2.24) is 9.97 Å². The van der Waals surface area contributed by atoms with Crippen molar-refractivity contribution in [3.8, 4) is 0 Å². The lowest BCUT2D eigenvalue weighted by atomic mass is 10.4. The molecule has 1 aromatic rings. The molecule has 1 heterocycles. The molecule has 5 nitrogen and oxygen atoms in total. The summed E-state index contributed by atoms with van der Waals surface area (Å²) in [5.41, 5.74) is 0. The van der Waals surface area contributed by atoms with E-state index in [1.807, 2.05) is 13.0 Å². The number of ether oxygens (including phenoxy) is 1. The van der Waals surface area contributed by atoms with Gasteiger partial charge in [0.15, 0.2) is 0 Å². The van der Waals surface area contributed by atoms with Crippen molar-refractivity contribution in [3.63, 3.8) is 0 Å². The normalized spacial score (nSPS) is 10.4. The van der Waals surface area contributed by atoms with Gasteiger partial charge < -0.3 is 15.0 Å². The Kier molecular flexibility index (Phi) is 5.69. The summed E-state index contributed by atoms with van der Waals surface area (Å²) in [6.45, 7) is 9.48. The van der Waals surface area contributed by atoms with E-state index in [0.29, 0.717) is 6.61 Å². The van der Waals surface area contributed by atoms with E-state index in [1.165, 1.54) is 0 Å². The highest BCUT2D eigenvalue weighted by atomic mass is 16.5. The molecule has 0 amide bonds. The van der Waals surface area contributed by atoms with E-state index in [0.717, 1.165) is 37.1 Å². The Balaban J connectivity index is 2.78. The Morgan fingerprint density at radius 3 is 2.59 bits per heavy atom. The lowest BCUT2D eigenvalue weighted by Crippen LogP contribution is -2.23. The van der Waals surface area contributed by atoms with Crippen molar-refractivity contribution >= 4 is 11.6 Å². The van der Waals surface area contributed by atoms with Crippen molar-refractivity contribution in [1.29, 1.82) is 0 Å². The van der Waals surface area contributed by atoms with Crippen LogP contribution >= 0.6 is 0 Å². The average molecular weight is 238 g/mol. The third-order valence-electron chi connectivity index (χ3n) is 2.52. The van der Waals surface area contributed by atoms with Crippen LogP contribution in [0.1, 0.15) is 19.7 Å². The molecule has 0 aliphatic rings. The first kappa shape index (κ1) is 13.7. The van der Waals surface area contributed by atoms with E-state index in [-0.39, 0.29) is 0 Å².